The predicted molar refractivity (Wildman–Crippen MR) is 107 cm³/mol. The summed E-state index contributed by atoms with van der Waals surface area (Å²) in [5, 5.41) is 2.12. The van der Waals surface area contributed by atoms with Crippen molar-refractivity contribution in [2.75, 3.05) is 16.2 Å². The average molecular weight is 416 g/mol. The van der Waals surface area contributed by atoms with Crippen LogP contribution in [0.4, 0.5) is 20.2 Å². The second-order valence-corrected chi connectivity index (χ2v) is 8.17. The van der Waals surface area contributed by atoms with Gasteiger partial charge in [0.25, 0.3) is 10.0 Å². The van der Waals surface area contributed by atoms with Gasteiger partial charge < -0.3 is 5.32 Å². The van der Waals surface area contributed by atoms with Crippen LogP contribution in [-0.4, -0.2) is 20.9 Å². The molecule has 150 valence electrons. The van der Waals surface area contributed by atoms with Crippen molar-refractivity contribution in [2.24, 2.45) is 0 Å². The molecule has 5 nitrogen and oxygen atoms in total. The number of carbonyl (C=O) groups excluding carboxylic acids is 1. The number of aryl methyl sites for hydroxylation is 1. The van der Waals surface area contributed by atoms with E-state index in [0.29, 0.717) is 0 Å². The second kappa shape index (κ2) is 8.40. The van der Waals surface area contributed by atoms with Crippen molar-refractivity contribution in [3.8, 4) is 0 Å². The lowest BCUT2D eigenvalue weighted by atomic mass is 10.2. The van der Waals surface area contributed by atoms with Gasteiger partial charge in [-0.25, -0.2) is 17.2 Å². The molecule has 3 aromatic carbocycles. The summed E-state index contributed by atoms with van der Waals surface area (Å²) in [4.78, 5) is 12.5. The Kier molecular flexibility index (Phi) is 5.93. The van der Waals surface area contributed by atoms with Crippen LogP contribution in [-0.2, 0) is 14.8 Å². The Labute approximate surface area is 167 Å². The van der Waals surface area contributed by atoms with E-state index >= 15 is 0 Å². The summed E-state index contributed by atoms with van der Waals surface area (Å²) in [5.41, 5.74) is 0.355. The number of para-hydroxylation sites is 2. The highest BCUT2D eigenvalue weighted by molar-refractivity contribution is 7.92. The zero-order valence-corrected chi connectivity index (χ0v) is 16.3. The Morgan fingerprint density at radius 3 is 2.17 bits per heavy atom. The van der Waals surface area contributed by atoms with E-state index in [-0.39, 0.29) is 10.6 Å². The number of benzene rings is 3. The Morgan fingerprint density at radius 1 is 0.931 bits per heavy atom. The van der Waals surface area contributed by atoms with Gasteiger partial charge in [0, 0.05) is 0 Å². The minimum atomic E-state index is -4.10. The molecule has 1 amide bonds. The summed E-state index contributed by atoms with van der Waals surface area (Å²) in [6.07, 6.45) is 0. The number of amides is 1. The van der Waals surface area contributed by atoms with Crippen LogP contribution in [0.15, 0.2) is 77.7 Å². The molecule has 0 atom stereocenters. The Morgan fingerprint density at radius 2 is 1.55 bits per heavy atom. The van der Waals surface area contributed by atoms with Crippen LogP contribution in [0.3, 0.4) is 0 Å². The largest absolute Gasteiger partial charge is 0.320 e. The molecule has 29 heavy (non-hydrogen) atoms. The van der Waals surface area contributed by atoms with Crippen LogP contribution in [0.25, 0.3) is 0 Å². The molecule has 0 spiro atoms. The van der Waals surface area contributed by atoms with Crippen LogP contribution in [0.2, 0.25) is 0 Å². The molecule has 0 radical (unpaired) electrons. The summed E-state index contributed by atoms with van der Waals surface area (Å²) >= 11 is 0. The molecule has 0 aliphatic heterocycles. The number of anilines is 2. The van der Waals surface area contributed by atoms with E-state index in [0.717, 1.165) is 22.0 Å². The third-order valence-corrected chi connectivity index (χ3v) is 5.91. The highest BCUT2D eigenvalue weighted by Crippen LogP contribution is 2.25. The first-order valence-electron chi connectivity index (χ1n) is 8.67. The number of nitrogens with zero attached hydrogens (tertiary/aromatic N) is 1. The minimum Gasteiger partial charge on any atom is -0.320 e. The normalized spacial score (nSPS) is 11.1. The van der Waals surface area contributed by atoms with Crippen molar-refractivity contribution in [1.82, 2.24) is 0 Å². The molecule has 0 saturated carbocycles. The maximum atomic E-state index is 13.8. The summed E-state index contributed by atoms with van der Waals surface area (Å²) in [5.74, 6) is -2.79. The van der Waals surface area contributed by atoms with E-state index in [2.05, 4.69) is 5.32 Å². The van der Waals surface area contributed by atoms with Crippen LogP contribution >= 0.6 is 0 Å². The van der Waals surface area contributed by atoms with Gasteiger partial charge in [0.2, 0.25) is 5.91 Å². The van der Waals surface area contributed by atoms with Crippen LogP contribution in [0, 0.1) is 18.6 Å². The van der Waals surface area contributed by atoms with Crippen molar-refractivity contribution in [3.05, 3.63) is 90.0 Å². The number of rotatable bonds is 6. The molecule has 0 heterocycles. The third kappa shape index (κ3) is 4.60. The highest BCUT2D eigenvalue weighted by atomic mass is 32.2. The van der Waals surface area contributed by atoms with E-state index in [1.807, 2.05) is 0 Å². The van der Waals surface area contributed by atoms with Gasteiger partial charge in [-0.2, -0.15) is 0 Å². The van der Waals surface area contributed by atoms with E-state index in [4.69, 9.17) is 0 Å². The van der Waals surface area contributed by atoms with Gasteiger partial charge in [-0.3, -0.25) is 9.10 Å². The number of nitrogens with one attached hydrogen (secondary N) is 1. The molecule has 0 bridgehead atoms. The Balaban J connectivity index is 1.96. The van der Waals surface area contributed by atoms with E-state index in [1.54, 1.807) is 37.3 Å². The molecule has 8 heteroatoms. The lowest BCUT2D eigenvalue weighted by Crippen LogP contribution is -2.38. The molecule has 0 aliphatic rings. The molecule has 0 aromatic heterocycles. The fourth-order valence-electron chi connectivity index (χ4n) is 2.74. The molecule has 3 rings (SSSR count). The number of sulfonamides is 1. The Hall–Kier alpha value is -3.26. The lowest BCUT2D eigenvalue weighted by molar-refractivity contribution is -0.114. The van der Waals surface area contributed by atoms with Crippen molar-refractivity contribution >= 4 is 27.3 Å². The molecule has 0 saturated heterocycles. The quantitative estimate of drug-likeness (QED) is 0.658. The van der Waals surface area contributed by atoms with Crippen molar-refractivity contribution in [1.29, 1.82) is 0 Å². The molecule has 0 unspecified atom stereocenters. The van der Waals surface area contributed by atoms with Crippen molar-refractivity contribution < 1.29 is 22.0 Å². The first-order chi connectivity index (χ1) is 13.8. The first kappa shape index (κ1) is 20.5. The molecule has 3 aromatic rings. The number of halogens is 2. The second-order valence-electron chi connectivity index (χ2n) is 6.31. The number of hydrogen-bond acceptors (Lipinski definition) is 3. The van der Waals surface area contributed by atoms with Crippen LogP contribution in [0.5, 0.6) is 0 Å². The van der Waals surface area contributed by atoms with Crippen LogP contribution < -0.4 is 9.62 Å². The van der Waals surface area contributed by atoms with E-state index < -0.39 is 39.8 Å². The monoisotopic (exact) mass is 416 g/mol. The van der Waals surface area contributed by atoms with E-state index in [9.17, 15) is 22.0 Å². The van der Waals surface area contributed by atoms with Gasteiger partial charge in [0.15, 0.2) is 0 Å². The van der Waals surface area contributed by atoms with Gasteiger partial charge in [0.1, 0.15) is 23.9 Å². The number of hydrogen-bond donors (Lipinski definition) is 1. The zero-order chi connectivity index (χ0) is 21.0. The zero-order valence-electron chi connectivity index (χ0n) is 15.5. The molecule has 0 fully saturated rings. The first-order valence-corrected chi connectivity index (χ1v) is 10.1. The number of carbonyl (C=O) groups is 1. The minimum absolute atomic E-state index is 0.00576. The standard InChI is InChI=1S/C21H18F2N2O3S/c1-15-7-5-10-17(13-15)29(27,28)25(16-8-3-2-4-9-16)14-20(26)24-21-18(22)11-6-12-19(21)23/h2-13H,14H2,1H3,(H,24,26). The fraction of sp³-hybridized carbons (Fsp3) is 0.0952. The third-order valence-electron chi connectivity index (χ3n) is 4.14. The SMILES string of the molecule is Cc1cccc(S(=O)(=O)N(CC(=O)Nc2c(F)cccc2F)c2ccccc2)c1. The van der Waals surface area contributed by atoms with Crippen molar-refractivity contribution in [2.45, 2.75) is 11.8 Å². The van der Waals surface area contributed by atoms with Crippen molar-refractivity contribution in [3.63, 3.8) is 0 Å². The van der Waals surface area contributed by atoms with Gasteiger partial charge in [-0.05, 0) is 48.9 Å². The van der Waals surface area contributed by atoms with Gasteiger partial charge in [-0.1, -0.05) is 36.4 Å². The molecular formula is C21H18F2N2O3S. The molecular weight excluding hydrogens is 398 g/mol. The lowest BCUT2D eigenvalue weighted by Gasteiger charge is -2.24. The highest BCUT2D eigenvalue weighted by Gasteiger charge is 2.27. The van der Waals surface area contributed by atoms with Gasteiger partial charge >= 0.3 is 0 Å². The topological polar surface area (TPSA) is 66.5 Å². The van der Waals surface area contributed by atoms with Gasteiger partial charge in [0.05, 0.1) is 10.6 Å². The summed E-state index contributed by atoms with van der Waals surface area (Å²) in [6, 6.07) is 17.4. The maximum absolute atomic E-state index is 13.8. The maximum Gasteiger partial charge on any atom is 0.264 e. The molecule has 1 N–H and O–H groups in total. The fourth-order valence-corrected chi connectivity index (χ4v) is 4.27. The molecule has 0 aliphatic carbocycles. The summed E-state index contributed by atoms with van der Waals surface area (Å²) in [7, 11) is -4.10. The summed E-state index contributed by atoms with van der Waals surface area (Å²) < 4.78 is 55.0. The predicted octanol–water partition coefficient (Wildman–Crippen LogP) is 4.11. The average Bonchev–Trinajstić information content (AvgIpc) is 2.69. The smallest absolute Gasteiger partial charge is 0.264 e. The van der Waals surface area contributed by atoms with Crippen LogP contribution in [0.1, 0.15) is 5.56 Å². The summed E-state index contributed by atoms with van der Waals surface area (Å²) in [6.45, 7) is 1.09. The Bertz CT molecular complexity index is 1120. The van der Waals surface area contributed by atoms with Gasteiger partial charge in [-0.15, -0.1) is 0 Å². The van der Waals surface area contributed by atoms with E-state index in [1.165, 1.54) is 30.3 Å².